The number of hydrogen-bond donors (Lipinski definition) is 2. The van der Waals surface area contributed by atoms with Crippen LogP contribution < -0.4 is 16.2 Å². The molecule has 1 aliphatic rings. The third-order valence-electron chi connectivity index (χ3n) is 2.90. The van der Waals surface area contributed by atoms with E-state index in [2.05, 4.69) is 20.4 Å². The molecule has 0 radical (unpaired) electrons. The number of rotatable bonds is 2. The molecule has 0 saturated heterocycles. The molecular weight excluding hydrogens is 237 g/mol. The molecule has 1 aliphatic heterocycles. The predicted octanol–water partition coefficient (Wildman–Crippen LogP) is 0.118. The fourth-order valence-electron chi connectivity index (χ4n) is 2.00. The molecule has 0 aromatic carbocycles. The number of hydrogen-bond acceptors (Lipinski definition) is 6. The van der Waals surface area contributed by atoms with Crippen LogP contribution in [0.2, 0.25) is 0 Å². The second-order valence-corrected chi connectivity index (χ2v) is 3.97. The molecule has 8 heteroatoms. The molecule has 3 heterocycles. The smallest absolute Gasteiger partial charge is 0.239 e. The summed E-state index contributed by atoms with van der Waals surface area (Å²) in [6, 6.07) is 0. The summed E-state index contributed by atoms with van der Waals surface area (Å²) in [4.78, 5) is 13.8. The predicted molar refractivity (Wildman–Crippen MR) is 63.1 cm³/mol. The number of anilines is 2. The van der Waals surface area contributed by atoms with Crippen LogP contribution in [0.15, 0.2) is 18.6 Å². The van der Waals surface area contributed by atoms with Gasteiger partial charge in [0.2, 0.25) is 5.95 Å². The number of hydrazine groups is 1. The van der Waals surface area contributed by atoms with E-state index < -0.39 is 5.82 Å². The van der Waals surface area contributed by atoms with Gasteiger partial charge in [-0.15, -0.1) is 0 Å². The second kappa shape index (κ2) is 4.22. The van der Waals surface area contributed by atoms with Crippen LogP contribution in [-0.2, 0) is 13.1 Å². The summed E-state index contributed by atoms with van der Waals surface area (Å²) in [5.74, 6) is 6.09. The third kappa shape index (κ3) is 1.76. The zero-order valence-corrected chi connectivity index (χ0v) is 9.54. The van der Waals surface area contributed by atoms with E-state index in [1.807, 2.05) is 15.7 Å². The average molecular weight is 249 g/mol. The molecule has 94 valence electrons. The standard InChI is InChI=1S/C10H12FN7/c11-7-5-14-10(16-12)15-9(7)18-4-3-17-2-1-13-8(17)6-18/h1-2,5H,3-4,6,12H2,(H,14,15,16). The van der Waals surface area contributed by atoms with Gasteiger partial charge in [-0.3, -0.25) is 5.43 Å². The van der Waals surface area contributed by atoms with Crippen LogP contribution in [0, 0.1) is 5.82 Å². The zero-order chi connectivity index (χ0) is 12.5. The largest absolute Gasteiger partial charge is 0.345 e. The topological polar surface area (TPSA) is 84.9 Å². The lowest BCUT2D eigenvalue weighted by Crippen LogP contribution is -2.35. The lowest BCUT2D eigenvalue weighted by atomic mass is 10.3. The first kappa shape index (κ1) is 10.9. The highest BCUT2D eigenvalue weighted by Crippen LogP contribution is 2.21. The van der Waals surface area contributed by atoms with Gasteiger partial charge in [-0.1, -0.05) is 0 Å². The molecule has 0 aliphatic carbocycles. The maximum atomic E-state index is 13.7. The van der Waals surface area contributed by atoms with Crippen LogP contribution in [0.5, 0.6) is 0 Å². The minimum atomic E-state index is -0.464. The number of fused-ring (bicyclic) bond motifs is 1. The molecule has 0 spiro atoms. The SMILES string of the molecule is NNc1ncc(F)c(N2CCn3ccnc3C2)n1. The van der Waals surface area contributed by atoms with Crippen molar-refractivity contribution < 1.29 is 4.39 Å². The van der Waals surface area contributed by atoms with Gasteiger partial charge in [0.25, 0.3) is 0 Å². The Bertz CT molecular complexity index is 567. The van der Waals surface area contributed by atoms with Crippen molar-refractivity contribution in [2.75, 3.05) is 16.9 Å². The number of nitrogen functional groups attached to an aromatic ring is 1. The maximum absolute atomic E-state index is 13.7. The Morgan fingerprint density at radius 3 is 3.06 bits per heavy atom. The van der Waals surface area contributed by atoms with Gasteiger partial charge in [-0.25, -0.2) is 20.2 Å². The Kier molecular flexibility index (Phi) is 2.56. The van der Waals surface area contributed by atoms with Gasteiger partial charge >= 0.3 is 0 Å². The van der Waals surface area contributed by atoms with Crippen LogP contribution >= 0.6 is 0 Å². The van der Waals surface area contributed by atoms with Crippen molar-refractivity contribution in [2.45, 2.75) is 13.1 Å². The van der Waals surface area contributed by atoms with E-state index in [9.17, 15) is 4.39 Å². The van der Waals surface area contributed by atoms with Gasteiger partial charge in [0.15, 0.2) is 11.6 Å². The highest BCUT2D eigenvalue weighted by Gasteiger charge is 2.21. The fourth-order valence-corrected chi connectivity index (χ4v) is 2.00. The van der Waals surface area contributed by atoms with E-state index in [0.29, 0.717) is 13.1 Å². The molecule has 0 bridgehead atoms. The number of halogens is 1. The summed E-state index contributed by atoms with van der Waals surface area (Å²) in [5.41, 5.74) is 2.31. The van der Waals surface area contributed by atoms with E-state index in [1.54, 1.807) is 6.20 Å². The van der Waals surface area contributed by atoms with Gasteiger partial charge < -0.3 is 9.47 Å². The van der Waals surface area contributed by atoms with Crippen molar-refractivity contribution in [1.29, 1.82) is 0 Å². The summed E-state index contributed by atoms with van der Waals surface area (Å²) in [5, 5.41) is 0. The Morgan fingerprint density at radius 1 is 1.33 bits per heavy atom. The molecule has 0 saturated carbocycles. The highest BCUT2D eigenvalue weighted by atomic mass is 19.1. The summed E-state index contributed by atoms with van der Waals surface area (Å²) in [6.45, 7) is 1.94. The molecular formula is C10H12FN7. The van der Waals surface area contributed by atoms with Crippen molar-refractivity contribution >= 4 is 11.8 Å². The monoisotopic (exact) mass is 249 g/mol. The normalized spacial score (nSPS) is 14.4. The highest BCUT2D eigenvalue weighted by molar-refractivity contribution is 5.44. The van der Waals surface area contributed by atoms with Crippen LogP contribution in [0.25, 0.3) is 0 Å². The molecule has 2 aromatic rings. The molecule has 18 heavy (non-hydrogen) atoms. The van der Waals surface area contributed by atoms with Gasteiger partial charge in [-0.05, 0) is 0 Å². The Hall–Kier alpha value is -2.22. The van der Waals surface area contributed by atoms with Crippen LogP contribution in [-0.4, -0.2) is 26.1 Å². The molecule has 0 unspecified atom stereocenters. The number of imidazole rings is 1. The molecule has 7 nitrogen and oxygen atoms in total. The summed E-state index contributed by atoms with van der Waals surface area (Å²) < 4.78 is 15.8. The first-order chi connectivity index (χ1) is 8.78. The van der Waals surface area contributed by atoms with Gasteiger partial charge in [0.05, 0.1) is 12.7 Å². The van der Waals surface area contributed by atoms with Gasteiger partial charge in [0.1, 0.15) is 5.82 Å². The number of nitrogens with one attached hydrogen (secondary N) is 1. The van der Waals surface area contributed by atoms with Gasteiger partial charge in [-0.2, -0.15) is 4.98 Å². The third-order valence-corrected chi connectivity index (χ3v) is 2.90. The second-order valence-electron chi connectivity index (χ2n) is 3.97. The van der Waals surface area contributed by atoms with Gasteiger partial charge in [0, 0.05) is 25.5 Å². The molecule has 3 N–H and O–H groups in total. The van der Waals surface area contributed by atoms with Crippen LogP contribution in [0.1, 0.15) is 5.82 Å². The number of aromatic nitrogens is 4. The lowest BCUT2D eigenvalue weighted by molar-refractivity contribution is 0.535. The number of nitrogens with two attached hydrogens (primary N) is 1. The number of nitrogens with zero attached hydrogens (tertiary/aromatic N) is 5. The van der Waals surface area contributed by atoms with E-state index in [0.717, 1.165) is 18.6 Å². The Morgan fingerprint density at radius 2 is 2.22 bits per heavy atom. The summed E-state index contributed by atoms with van der Waals surface area (Å²) >= 11 is 0. The first-order valence-electron chi connectivity index (χ1n) is 5.52. The van der Waals surface area contributed by atoms with E-state index >= 15 is 0 Å². The fraction of sp³-hybridized carbons (Fsp3) is 0.300. The average Bonchev–Trinajstić information content (AvgIpc) is 2.86. The van der Waals surface area contributed by atoms with Crippen LogP contribution in [0.3, 0.4) is 0 Å². The minimum Gasteiger partial charge on any atom is -0.345 e. The quantitative estimate of drug-likeness (QED) is 0.581. The van der Waals surface area contributed by atoms with E-state index in [1.165, 1.54) is 0 Å². The van der Waals surface area contributed by atoms with E-state index in [-0.39, 0.29) is 11.8 Å². The molecule has 0 fully saturated rings. The van der Waals surface area contributed by atoms with Crippen molar-refractivity contribution in [2.24, 2.45) is 5.84 Å². The lowest BCUT2D eigenvalue weighted by Gasteiger charge is -2.28. The minimum absolute atomic E-state index is 0.195. The summed E-state index contributed by atoms with van der Waals surface area (Å²) in [7, 11) is 0. The molecule has 0 atom stereocenters. The molecule has 0 amide bonds. The van der Waals surface area contributed by atoms with Crippen LogP contribution in [0.4, 0.5) is 16.2 Å². The first-order valence-corrected chi connectivity index (χ1v) is 5.52. The Labute approximate surface area is 102 Å². The summed E-state index contributed by atoms with van der Waals surface area (Å²) in [6.07, 6.45) is 4.76. The Balaban J connectivity index is 1.92. The van der Waals surface area contributed by atoms with E-state index in [4.69, 9.17) is 5.84 Å². The zero-order valence-electron chi connectivity index (χ0n) is 9.54. The maximum Gasteiger partial charge on any atom is 0.239 e. The molecule has 2 aromatic heterocycles. The van der Waals surface area contributed by atoms with Crippen molar-refractivity contribution in [3.63, 3.8) is 0 Å². The van der Waals surface area contributed by atoms with Crippen molar-refractivity contribution in [3.05, 3.63) is 30.2 Å². The molecule has 3 rings (SSSR count). The van der Waals surface area contributed by atoms with Crippen molar-refractivity contribution in [1.82, 2.24) is 19.5 Å². The van der Waals surface area contributed by atoms with Crippen molar-refractivity contribution in [3.8, 4) is 0 Å².